The molecule has 0 aliphatic heterocycles. The Kier molecular flexibility index (Phi) is 6.09. The molecule has 1 aromatic rings. The summed E-state index contributed by atoms with van der Waals surface area (Å²) in [6.07, 6.45) is 4.15. The van der Waals surface area contributed by atoms with E-state index in [2.05, 4.69) is 11.2 Å². The van der Waals surface area contributed by atoms with Gasteiger partial charge in [0.25, 0.3) is 0 Å². The molecule has 2 N–H and O–H groups in total. The van der Waals surface area contributed by atoms with E-state index in [4.69, 9.17) is 11.2 Å². The quantitative estimate of drug-likeness (QED) is 0.808. The summed E-state index contributed by atoms with van der Waals surface area (Å²) in [5.41, 5.74) is -0.557. The molecule has 0 saturated heterocycles. The Balaban J connectivity index is 2.77. The summed E-state index contributed by atoms with van der Waals surface area (Å²) in [5.74, 6) is 0.162. The monoisotopic (exact) mass is 298 g/mol. The number of ether oxygens (including phenoxy) is 1. The molecule has 0 heterocycles. The zero-order chi connectivity index (χ0) is 16.0. The number of carbonyl (C=O) groups excluding carboxylic acids is 1. The first-order valence-corrected chi connectivity index (χ1v) is 6.03. The van der Waals surface area contributed by atoms with Crippen LogP contribution in [0.1, 0.15) is 5.56 Å². The number of rotatable bonds is 5. The highest BCUT2D eigenvalue weighted by molar-refractivity contribution is 5.89. The third-order valence-corrected chi connectivity index (χ3v) is 2.63. The number of aliphatic hydroxyl groups is 1. The van der Waals surface area contributed by atoms with Gasteiger partial charge in [0.1, 0.15) is 5.69 Å². The standard InChI is InChI=1S/C14H16F2N2O3/c1-4-9-5-11(15)13(12(16)6-9)17-14(20)18(2)7-10(19)8-21-3/h1,5-6,10,19H,7-8H2,2-3H3,(H,17,20). The van der Waals surface area contributed by atoms with Crippen molar-refractivity contribution in [1.82, 2.24) is 4.90 Å². The molecule has 1 aromatic carbocycles. The molecule has 0 aromatic heterocycles. The largest absolute Gasteiger partial charge is 0.389 e. The van der Waals surface area contributed by atoms with Crippen molar-refractivity contribution in [3.63, 3.8) is 0 Å². The van der Waals surface area contributed by atoms with Gasteiger partial charge in [-0.25, -0.2) is 13.6 Å². The van der Waals surface area contributed by atoms with Crippen LogP contribution in [0, 0.1) is 24.0 Å². The molecule has 0 aliphatic rings. The summed E-state index contributed by atoms with van der Waals surface area (Å²) >= 11 is 0. The van der Waals surface area contributed by atoms with Crippen LogP contribution in [0.2, 0.25) is 0 Å². The maximum atomic E-state index is 13.7. The number of terminal acetylenes is 1. The summed E-state index contributed by atoms with van der Waals surface area (Å²) in [4.78, 5) is 12.9. The molecule has 1 rings (SSSR count). The van der Waals surface area contributed by atoms with Crippen molar-refractivity contribution in [3.8, 4) is 12.3 Å². The lowest BCUT2D eigenvalue weighted by Gasteiger charge is -2.21. The van der Waals surface area contributed by atoms with Crippen LogP contribution in [-0.4, -0.2) is 49.5 Å². The number of nitrogens with zero attached hydrogens (tertiary/aromatic N) is 1. The second kappa shape index (κ2) is 7.57. The van der Waals surface area contributed by atoms with Gasteiger partial charge in [-0.3, -0.25) is 0 Å². The third-order valence-electron chi connectivity index (χ3n) is 2.63. The fourth-order valence-electron chi connectivity index (χ4n) is 1.62. The maximum Gasteiger partial charge on any atom is 0.321 e. The molecular formula is C14H16F2N2O3. The first kappa shape index (κ1) is 16.9. The van der Waals surface area contributed by atoms with Gasteiger partial charge in [0.15, 0.2) is 11.6 Å². The number of benzene rings is 1. The Bertz CT molecular complexity index is 535. The summed E-state index contributed by atoms with van der Waals surface area (Å²) in [5, 5.41) is 11.6. The molecule has 114 valence electrons. The number of amides is 2. The minimum Gasteiger partial charge on any atom is -0.389 e. The minimum atomic E-state index is -0.970. The number of hydrogen-bond acceptors (Lipinski definition) is 3. The van der Waals surface area contributed by atoms with E-state index in [1.165, 1.54) is 14.2 Å². The minimum absolute atomic E-state index is 0.0341. The topological polar surface area (TPSA) is 61.8 Å². The summed E-state index contributed by atoms with van der Waals surface area (Å²) in [6.45, 7) is -0.0114. The fraction of sp³-hybridized carbons (Fsp3) is 0.357. The number of likely N-dealkylation sites (N-methyl/N-ethyl adjacent to an activating group) is 1. The van der Waals surface area contributed by atoms with Crippen LogP contribution in [0.3, 0.4) is 0 Å². The smallest absolute Gasteiger partial charge is 0.321 e. The molecule has 0 radical (unpaired) electrons. The summed E-state index contributed by atoms with van der Waals surface area (Å²) in [6, 6.07) is 1.12. The number of methoxy groups -OCH3 is 1. The number of hydrogen-bond donors (Lipinski definition) is 2. The van der Waals surface area contributed by atoms with Crippen molar-refractivity contribution in [2.75, 3.05) is 32.6 Å². The van der Waals surface area contributed by atoms with Gasteiger partial charge in [-0.05, 0) is 12.1 Å². The average molecular weight is 298 g/mol. The van der Waals surface area contributed by atoms with Gasteiger partial charge in [0.2, 0.25) is 0 Å². The van der Waals surface area contributed by atoms with Crippen molar-refractivity contribution in [3.05, 3.63) is 29.3 Å². The molecule has 1 unspecified atom stereocenters. The lowest BCUT2D eigenvalue weighted by Crippen LogP contribution is -2.39. The van der Waals surface area contributed by atoms with Crippen LogP contribution in [0.5, 0.6) is 0 Å². The highest BCUT2D eigenvalue weighted by Gasteiger charge is 2.18. The number of urea groups is 1. The maximum absolute atomic E-state index is 13.7. The third kappa shape index (κ3) is 4.70. The number of carbonyl (C=O) groups is 1. The van der Waals surface area contributed by atoms with Crippen molar-refractivity contribution in [2.45, 2.75) is 6.10 Å². The normalized spacial score (nSPS) is 11.6. The highest BCUT2D eigenvalue weighted by atomic mass is 19.1. The Morgan fingerprint density at radius 1 is 1.52 bits per heavy atom. The summed E-state index contributed by atoms with van der Waals surface area (Å²) in [7, 11) is 2.78. The van der Waals surface area contributed by atoms with E-state index in [1.807, 2.05) is 0 Å². The van der Waals surface area contributed by atoms with Crippen LogP contribution in [-0.2, 0) is 4.74 Å². The fourth-order valence-corrected chi connectivity index (χ4v) is 1.62. The molecule has 7 heteroatoms. The first-order valence-electron chi connectivity index (χ1n) is 6.03. The zero-order valence-corrected chi connectivity index (χ0v) is 11.7. The van der Waals surface area contributed by atoms with Crippen LogP contribution in [0.25, 0.3) is 0 Å². The van der Waals surface area contributed by atoms with E-state index in [9.17, 15) is 18.7 Å². The number of halogens is 2. The SMILES string of the molecule is C#Cc1cc(F)c(NC(=O)N(C)CC(O)COC)c(F)c1. The van der Waals surface area contributed by atoms with E-state index in [0.717, 1.165) is 17.0 Å². The molecule has 0 saturated carbocycles. The predicted molar refractivity (Wildman–Crippen MR) is 73.8 cm³/mol. The van der Waals surface area contributed by atoms with E-state index < -0.39 is 29.5 Å². The molecule has 0 spiro atoms. The van der Waals surface area contributed by atoms with E-state index >= 15 is 0 Å². The molecule has 5 nitrogen and oxygen atoms in total. The van der Waals surface area contributed by atoms with E-state index in [1.54, 1.807) is 0 Å². The van der Waals surface area contributed by atoms with Crippen LogP contribution in [0.15, 0.2) is 12.1 Å². The van der Waals surface area contributed by atoms with Gasteiger partial charge in [0.05, 0.1) is 19.3 Å². The van der Waals surface area contributed by atoms with E-state index in [-0.39, 0.29) is 18.7 Å². The average Bonchev–Trinajstić information content (AvgIpc) is 2.42. The lowest BCUT2D eigenvalue weighted by atomic mass is 10.2. The van der Waals surface area contributed by atoms with Crippen molar-refractivity contribution >= 4 is 11.7 Å². The van der Waals surface area contributed by atoms with Crippen LogP contribution in [0.4, 0.5) is 19.3 Å². The zero-order valence-electron chi connectivity index (χ0n) is 11.7. The first-order chi connectivity index (χ1) is 9.88. The van der Waals surface area contributed by atoms with Crippen LogP contribution < -0.4 is 5.32 Å². The van der Waals surface area contributed by atoms with Gasteiger partial charge in [-0.2, -0.15) is 0 Å². The van der Waals surface area contributed by atoms with E-state index in [0.29, 0.717) is 0 Å². The van der Waals surface area contributed by atoms with Gasteiger partial charge in [-0.15, -0.1) is 6.42 Å². The Morgan fingerprint density at radius 3 is 2.57 bits per heavy atom. The van der Waals surface area contributed by atoms with Crippen molar-refractivity contribution in [2.24, 2.45) is 0 Å². The predicted octanol–water partition coefficient (Wildman–Crippen LogP) is 1.42. The molecule has 0 aliphatic carbocycles. The Labute approximate surface area is 121 Å². The molecule has 0 fully saturated rings. The van der Waals surface area contributed by atoms with Gasteiger partial charge >= 0.3 is 6.03 Å². The second-order valence-electron chi connectivity index (χ2n) is 4.38. The number of aliphatic hydroxyl groups excluding tert-OH is 1. The molecular weight excluding hydrogens is 282 g/mol. The van der Waals surface area contributed by atoms with Crippen molar-refractivity contribution in [1.29, 1.82) is 0 Å². The van der Waals surface area contributed by atoms with Crippen molar-refractivity contribution < 1.29 is 23.4 Å². The highest BCUT2D eigenvalue weighted by Crippen LogP contribution is 2.20. The van der Waals surface area contributed by atoms with Gasteiger partial charge < -0.3 is 20.1 Å². The van der Waals surface area contributed by atoms with Gasteiger partial charge in [-0.1, -0.05) is 5.92 Å². The molecule has 21 heavy (non-hydrogen) atoms. The van der Waals surface area contributed by atoms with Gasteiger partial charge in [0, 0.05) is 19.7 Å². The van der Waals surface area contributed by atoms with Crippen LogP contribution >= 0.6 is 0 Å². The number of nitrogens with one attached hydrogen (secondary N) is 1. The lowest BCUT2D eigenvalue weighted by molar-refractivity contribution is 0.0501. The molecule has 2 amide bonds. The molecule has 0 bridgehead atoms. The Hall–Kier alpha value is -2.17. The summed E-state index contributed by atoms with van der Waals surface area (Å²) < 4.78 is 32.1. The Morgan fingerprint density at radius 2 is 2.10 bits per heavy atom. The second-order valence-corrected chi connectivity index (χ2v) is 4.38. The number of anilines is 1. The molecule has 1 atom stereocenters.